The van der Waals surface area contributed by atoms with E-state index in [0.717, 1.165) is 6.07 Å². The van der Waals surface area contributed by atoms with Crippen LogP contribution in [-0.2, 0) is 0 Å². The van der Waals surface area contributed by atoms with Gasteiger partial charge in [-0.15, -0.1) is 0 Å². The molecule has 2 rings (SSSR count). The third kappa shape index (κ3) is 3.79. The summed E-state index contributed by atoms with van der Waals surface area (Å²) in [6, 6.07) is 7.29. The minimum absolute atomic E-state index is 0.0725. The van der Waals surface area contributed by atoms with Gasteiger partial charge >= 0.3 is 5.69 Å². The van der Waals surface area contributed by atoms with Crippen molar-refractivity contribution < 1.29 is 19.6 Å². The fourth-order valence-electron chi connectivity index (χ4n) is 1.70. The van der Waals surface area contributed by atoms with Crippen LogP contribution in [0.1, 0.15) is 16.1 Å². The van der Waals surface area contributed by atoms with Crippen LogP contribution in [0.25, 0.3) is 0 Å². The van der Waals surface area contributed by atoms with E-state index in [0.29, 0.717) is 0 Å². The zero-order chi connectivity index (χ0) is 16.8. The van der Waals surface area contributed by atoms with Gasteiger partial charge in [0, 0.05) is 17.8 Å². The molecule has 2 N–H and O–H groups in total. The molecule has 0 saturated carbocycles. The van der Waals surface area contributed by atoms with Crippen molar-refractivity contribution in [2.24, 2.45) is 5.10 Å². The molecule has 1 aromatic carbocycles. The van der Waals surface area contributed by atoms with E-state index in [1.165, 1.54) is 31.7 Å². The molecule has 0 radical (unpaired) electrons. The molecule has 0 aliphatic rings. The predicted molar refractivity (Wildman–Crippen MR) is 80.6 cm³/mol. The van der Waals surface area contributed by atoms with E-state index in [1.54, 1.807) is 12.1 Å². The van der Waals surface area contributed by atoms with Crippen LogP contribution in [0.5, 0.6) is 11.5 Å². The van der Waals surface area contributed by atoms with Gasteiger partial charge in [-0.1, -0.05) is 6.07 Å². The lowest BCUT2D eigenvalue weighted by Gasteiger charge is -2.05. The number of aromatic nitrogens is 1. The Labute approximate surface area is 130 Å². The number of carbonyl (C=O) groups excluding carboxylic acids is 1. The van der Waals surface area contributed by atoms with Gasteiger partial charge in [-0.3, -0.25) is 19.9 Å². The molecule has 1 amide bonds. The lowest BCUT2D eigenvalue weighted by Crippen LogP contribution is -2.18. The first-order chi connectivity index (χ1) is 11.0. The summed E-state index contributed by atoms with van der Waals surface area (Å²) in [7, 11) is 1.27. The molecule has 9 heteroatoms. The zero-order valence-corrected chi connectivity index (χ0v) is 12.0. The summed E-state index contributed by atoms with van der Waals surface area (Å²) in [6.45, 7) is 0. The molecule has 0 aliphatic heterocycles. The summed E-state index contributed by atoms with van der Waals surface area (Å²) in [4.78, 5) is 25.7. The van der Waals surface area contributed by atoms with Crippen LogP contribution in [0.2, 0.25) is 0 Å². The van der Waals surface area contributed by atoms with E-state index in [4.69, 9.17) is 4.74 Å². The third-order valence-electron chi connectivity index (χ3n) is 2.77. The molecule has 0 aliphatic carbocycles. The fraction of sp³-hybridized carbons (Fsp3) is 0.0714. The minimum Gasteiger partial charge on any atom is -0.500 e. The number of phenols is 1. The van der Waals surface area contributed by atoms with E-state index >= 15 is 0 Å². The average molecular weight is 316 g/mol. The maximum Gasteiger partial charge on any atom is 0.315 e. The van der Waals surface area contributed by atoms with Crippen LogP contribution < -0.4 is 10.2 Å². The third-order valence-corrected chi connectivity index (χ3v) is 2.77. The van der Waals surface area contributed by atoms with Gasteiger partial charge in [0.2, 0.25) is 5.75 Å². The number of hydrogen-bond acceptors (Lipinski definition) is 7. The number of carbonyl (C=O) groups is 1. The van der Waals surface area contributed by atoms with Crippen LogP contribution in [0.3, 0.4) is 0 Å². The second-order valence-corrected chi connectivity index (χ2v) is 4.26. The molecule has 2 aromatic rings. The molecule has 23 heavy (non-hydrogen) atoms. The Bertz CT molecular complexity index is 761. The fourth-order valence-corrected chi connectivity index (χ4v) is 1.70. The molecule has 0 fully saturated rings. The number of aromatic hydroxyl groups is 1. The zero-order valence-electron chi connectivity index (χ0n) is 12.0. The Balaban J connectivity index is 2.18. The highest BCUT2D eigenvalue weighted by Crippen LogP contribution is 2.36. The predicted octanol–water partition coefficient (Wildman–Crippen LogP) is 1.47. The molecule has 0 atom stereocenters. The first-order valence-corrected chi connectivity index (χ1v) is 6.32. The maximum atomic E-state index is 11.7. The SMILES string of the molecule is COc1cc(C=NNC(=O)c2ccccn2)cc([N+](=O)[O-])c1O. The summed E-state index contributed by atoms with van der Waals surface area (Å²) in [5.74, 6) is -1.18. The Hall–Kier alpha value is -3.49. The number of amides is 1. The number of hydrazone groups is 1. The Kier molecular flexibility index (Phi) is 4.82. The van der Waals surface area contributed by atoms with Crippen molar-refractivity contribution in [1.82, 2.24) is 10.4 Å². The van der Waals surface area contributed by atoms with E-state index in [2.05, 4.69) is 15.5 Å². The molecule has 9 nitrogen and oxygen atoms in total. The highest BCUT2D eigenvalue weighted by atomic mass is 16.6. The van der Waals surface area contributed by atoms with Gasteiger partial charge in [-0.05, 0) is 18.2 Å². The second kappa shape index (κ2) is 6.98. The lowest BCUT2D eigenvalue weighted by molar-refractivity contribution is -0.386. The highest BCUT2D eigenvalue weighted by Gasteiger charge is 2.19. The van der Waals surface area contributed by atoms with Gasteiger partial charge in [0.1, 0.15) is 5.69 Å². The molecular weight excluding hydrogens is 304 g/mol. The molecule has 0 unspecified atom stereocenters. The lowest BCUT2D eigenvalue weighted by atomic mass is 10.2. The van der Waals surface area contributed by atoms with Crippen LogP contribution in [0, 0.1) is 10.1 Å². The summed E-state index contributed by atoms with van der Waals surface area (Å²) in [5, 5.41) is 24.2. The van der Waals surface area contributed by atoms with Crippen molar-refractivity contribution in [1.29, 1.82) is 0 Å². The van der Waals surface area contributed by atoms with Crippen molar-refractivity contribution in [3.63, 3.8) is 0 Å². The van der Waals surface area contributed by atoms with Crippen LogP contribution >= 0.6 is 0 Å². The van der Waals surface area contributed by atoms with Crippen LogP contribution in [0.4, 0.5) is 5.69 Å². The normalized spacial score (nSPS) is 10.5. The summed E-state index contributed by atoms with van der Waals surface area (Å²) >= 11 is 0. The number of nitro groups is 1. The van der Waals surface area contributed by atoms with Crippen molar-refractivity contribution in [2.75, 3.05) is 7.11 Å². The highest BCUT2D eigenvalue weighted by molar-refractivity contribution is 5.93. The summed E-state index contributed by atoms with van der Waals surface area (Å²) < 4.78 is 4.86. The Morgan fingerprint density at radius 1 is 1.48 bits per heavy atom. The number of nitrogens with one attached hydrogen (secondary N) is 1. The molecule has 1 aromatic heterocycles. The first-order valence-electron chi connectivity index (χ1n) is 6.32. The van der Waals surface area contributed by atoms with Gasteiger partial charge in [0.05, 0.1) is 18.2 Å². The number of ether oxygens (including phenoxy) is 1. The number of phenolic OH excluding ortho intramolecular Hbond substituents is 1. The first kappa shape index (κ1) is 15.9. The number of hydrogen-bond donors (Lipinski definition) is 2. The van der Waals surface area contributed by atoms with Gasteiger partial charge in [0.15, 0.2) is 5.75 Å². The number of methoxy groups -OCH3 is 1. The Morgan fingerprint density at radius 2 is 2.26 bits per heavy atom. The summed E-state index contributed by atoms with van der Waals surface area (Å²) in [6.07, 6.45) is 2.66. The molecule has 118 valence electrons. The number of pyridine rings is 1. The molecule has 0 spiro atoms. The number of rotatable bonds is 5. The number of benzene rings is 1. The average Bonchev–Trinajstić information content (AvgIpc) is 2.56. The van der Waals surface area contributed by atoms with Crippen LogP contribution in [0.15, 0.2) is 41.6 Å². The summed E-state index contributed by atoms with van der Waals surface area (Å²) in [5.41, 5.74) is 2.17. The Morgan fingerprint density at radius 3 is 2.87 bits per heavy atom. The number of nitrogens with zero attached hydrogens (tertiary/aromatic N) is 3. The minimum atomic E-state index is -0.748. The van der Waals surface area contributed by atoms with Gasteiger partial charge in [-0.2, -0.15) is 5.10 Å². The molecule has 0 bridgehead atoms. The maximum absolute atomic E-state index is 11.7. The molecule has 0 saturated heterocycles. The van der Waals surface area contributed by atoms with Crippen molar-refractivity contribution in [2.45, 2.75) is 0 Å². The standard InChI is InChI=1S/C14H12N4O5/c1-23-12-7-9(6-11(13(12)19)18(21)22)8-16-17-14(20)10-4-2-3-5-15-10/h2-8,19H,1H3,(H,17,20). The van der Waals surface area contributed by atoms with E-state index in [9.17, 15) is 20.0 Å². The largest absolute Gasteiger partial charge is 0.500 e. The van der Waals surface area contributed by atoms with E-state index in [1.807, 2.05) is 0 Å². The van der Waals surface area contributed by atoms with E-state index in [-0.39, 0.29) is 17.0 Å². The quantitative estimate of drug-likeness (QED) is 0.488. The smallest absolute Gasteiger partial charge is 0.315 e. The second-order valence-electron chi connectivity index (χ2n) is 4.26. The monoisotopic (exact) mass is 316 g/mol. The molecular formula is C14H12N4O5. The number of nitro benzene ring substituents is 1. The topological polar surface area (TPSA) is 127 Å². The van der Waals surface area contributed by atoms with Gasteiger partial charge in [-0.25, -0.2) is 5.43 Å². The van der Waals surface area contributed by atoms with E-state index < -0.39 is 22.3 Å². The van der Waals surface area contributed by atoms with Gasteiger partial charge < -0.3 is 9.84 Å². The van der Waals surface area contributed by atoms with Crippen molar-refractivity contribution in [3.05, 3.63) is 57.9 Å². The molecule has 1 heterocycles. The van der Waals surface area contributed by atoms with Crippen LogP contribution in [-0.4, -0.2) is 34.2 Å². The van der Waals surface area contributed by atoms with Gasteiger partial charge in [0.25, 0.3) is 5.91 Å². The van der Waals surface area contributed by atoms with Crippen molar-refractivity contribution in [3.8, 4) is 11.5 Å². The van der Waals surface area contributed by atoms with Crippen molar-refractivity contribution >= 4 is 17.8 Å².